The van der Waals surface area contributed by atoms with Gasteiger partial charge in [0.2, 0.25) is 17.8 Å². The predicted octanol–water partition coefficient (Wildman–Crippen LogP) is 4.11. The van der Waals surface area contributed by atoms with Gasteiger partial charge in [-0.15, -0.1) is 0 Å². The molecule has 0 N–H and O–H groups in total. The maximum atomic E-state index is 13.4. The van der Waals surface area contributed by atoms with Crippen LogP contribution in [0, 0.1) is 0 Å². The Morgan fingerprint density at radius 2 is 1.42 bits per heavy atom. The first-order valence-electron chi connectivity index (χ1n) is 12.5. The van der Waals surface area contributed by atoms with Crippen LogP contribution < -0.4 is 14.5 Å². The summed E-state index contributed by atoms with van der Waals surface area (Å²) in [6.45, 7) is 3.59. The molecule has 2 saturated heterocycles. The highest BCUT2D eigenvalue weighted by atomic mass is 19.4. The lowest BCUT2D eigenvalue weighted by atomic mass is 10.1. The number of ether oxygens (including phenoxy) is 2. The van der Waals surface area contributed by atoms with Crippen molar-refractivity contribution in [1.29, 1.82) is 0 Å². The van der Waals surface area contributed by atoms with E-state index in [-0.39, 0.29) is 11.9 Å². The molecule has 9 nitrogen and oxygen atoms in total. The van der Waals surface area contributed by atoms with Crippen molar-refractivity contribution >= 4 is 22.9 Å². The fraction of sp³-hybridized carbons (Fsp3) is 0.385. The van der Waals surface area contributed by atoms with Crippen LogP contribution in [0.2, 0.25) is 0 Å². The zero-order valence-corrected chi connectivity index (χ0v) is 20.5. The fourth-order valence-corrected chi connectivity index (χ4v) is 4.77. The summed E-state index contributed by atoms with van der Waals surface area (Å²) in [5.41, 5.74) is 0.958. The molecule has 4 aromatic rings. The number of piperidine rings is 1. The smallest absolute Gasteiger partial charge is 0.419 e. The fourth-order valence-electron chi connectivity index (χ4n) is 4.77. The molecule has 2 aliphatic rings. The van der Waals surface area contributed by atoms with E-state index in [4.69, 9.17) is 24.4 Å². The highest BCUT2D eigenvalue weighted by molar-refractivity contribution is 5.76. The zero-order chi connectivity index (χ0) is 26.1. The molecule has 12 heteroatoms. The van der Waals surface area contributed by atoms with Gasteiger partial charge in [0.15, 0.2) is 0 Å². The molecule has 0 unspecified atom stereocenters. The van der Waals surface area contributed by atoms with Crippen LogP contribution in [0.3, 0.4) is 0 Å². The number of hydrogen-bond acceptors (Lipinski definition) is 8. The lowest BCUT2D eigenvalue weighted by Crippen LogP contribution is -2.41. The van der Waals surface area contributed by atoms with Crippen LogP contribution in [-0.4, -0.2) is 70.0 Å². The lowest BCUT2D eigenvalue weighted by Gasteiger charge is -2.33. The SMILES string of the molecule is FC(F)(F)c1ccccc1OC1CCN(c2nc(N3CCOCC3)nc(-n3cnc4ccccc43)n2)CC1. The topological polar surface area (TPSA) is 81.4 Å². The third-order valence-corrected chi connectivity index (χ3v) is 6.77. The summed E-state index contributed by atoms with van der Waals surface area (Å²) < 4.78 is 53.3. The first-order valence-corrected chi connectivity index (χ1v) is 12.5. The normalized spacial score (nSPS) is 17.2. The Bertz CT molecular complexity index is 1410. The van der Waals surface area contributed by atoms with Crippen molar-refractivity contribution in [3.05, 3.63) is 60.4 Å². The number of nitrogens with zero attached hydrogens (tertiary/aromatic N) is 7. The Labute approximate surface area is 216 Å². The van der Waals surface area contributed by atoms with Crippen molar-refractivity contribution in [2.24, 2.45) is 0 Å². The van der Waals surface area contributed by atoms with Gasteiger partial charge in [-0.1, -0.05) is 24.3 Å². The molecular weight excluding hydrogens is 499 g/mol. The molecule has 6 rings (SSSR count). The average molecular weight is 526 g/mol. The summed E-state index contributed by atoms with van der Waals surface area (Å²) in [5.74, 6) is 1.40. The van der Waals surface area contributed by atoms with Gasteiger partial charge in [0.1, 0.15) is 18.2 Å². The quantitative estimate of drug-likeness (QED) is 0.385. The molecule has 0 spiro atoms. The van der Waals surface area contributed by atoms with Gasteiger partial charge in [-0.05, 0) is 24.3 Å². The first-order chi connectivity index (χ1) is 18.5. The summed E-state index contributed by atoms with van der Waals surface area (Å²) in [4.78, 5) is 22.9. The van der Waals surface area contributed by atoms with Crippen LogP contribution >= 0.6 is 0 Å². The van der Waals surface area contributed by atoms with Gasteiger partial charge >= 0.3 is 6.18 Å². The van der Waals surface area contributed by atoms with Crippen molar-refractivity contribution in [1.82, 2.24) is 24.5 Å². The van der Waals surface area contributed by atoms with Crippen LogP contribution in [0.4, 0.5) is 25.1 Å². The number of aromatic nitrogens is 5. The molecule has 0 amide bonds. The third-order valence-electron chi connectivity index (χ3n) is 6.77. The second kappa shape index (κ2) is 10.1. The van der Waals surface area contributed by atoms with Gasteiger partial charge in [-0.2, -0.15) is 28.1 Å². The van der Waals surface area contributed by atoms with Crippen LogP contribution in [0.25, 0.3) is 17.0 Å². The summed E-state index contributed by atoms with van der Waals surface area (Å²) in [6, 6.07) is 13.1. The van der Waals surface area contributed by atoms with Gasteiger partial charge in [0.25, 0.3) is 0 Å². The van der Waals surface area contributed by atoms with E-state index in [0.717, 1.165) is 17.1 Å². The number of hydrogen-bond donors (Lipinski definition) is 0. The van der Waals surface area contributed by atoms with E-state index in [9.17, 15) is 13.2 Å². The number of anilines is 2. The van der Waals surface area contributed by atoms with E-state index >= 15 is 0 Å². The molecule has 198 valence electrons. The molecule has 4 heterocycles. The third kappa shape index (κ3) is 4.95. The molecule has 0 atom stereocenters. The van der Waals surface area contributed by atoms with Crippen molar-refractivity contribution in [2.75, 3.05) is 49.2 Å². The highest BCUT2D eigenvalue weighted by Crippen LogP contribution is 2.37. The van der Waals surface area contributed by atoms with Crippen LogP contribution in [0.1, 0.15) is 18.4 Å². The van der Waals surface area contributed by atoms with E-state index in [1.807, 2.05) is 33.7 Å². The monoisotopic (exact) mass is 525 g/mol. The molecular formula is C26H26F3N7O2. The summed E-state index contributed by atoms with van der Waals surface area (Å²) in [5, 5.41) is 0. The molecule has 2 aromatic carbocycles. The van der Waals surface area contributed by atoms with Gasteiger partial charge in [0, 0.05) is 39.0 Å². The summed E-state index contributed by atoms with van der Waals surface area (Å²) in [7, 11) is 0. The number of imidazole rings is 1. The maximum absolute atomic E-state index is 13.4. The lowest BCUT2D eigenvalue weighted by molar-refractivity contribution is -0.139. The predicted molar refractivity (Wildman–Crippen MR) is 135 cm³/mol. The Morgan fingerprint density at radius 1 is 0.789 bits per heavy atom. The molecule has 0 saturated carbocycles. The van der Waals surface area contributed by atoms with Crippen molar-refractivity contribution in [3.8, 4) is 11.7 Å². The standard InChI is InChI=1S/C26H26F3N7O2/c27-26(28,29)19-5-1-4-8-22(19)38-18-9-11-34(12-10-18)23-31-24(35-13-15-37-16-14-35)33-25(32-23)36-17-30-20-6-2-3-7-21(20)36/h1-8,17-18H,9-16H2. The number of fused-ring (bicyclic) bond motifs is 1. The van der Waals surface area contributed by atoms with Crippen molar-refractivity contribution in [3.63, 3.8) is 0 Å². The molecule has 38 heavy (non-hydrogen) atoms. The number of alkyl halides is 3. The van der Waals surface area contributed by atoms with E-state index in [0.29, 0.717) is 70.1 Å². The average Bonchev–Trinajstić information content (AvgIpc) is 3.38. The Hall–Kier alpha value is -3.93. The van der Waals surface area contributed by atoms with Crippen LogP contribution in [0.15, 0.2) is 54.9 Å². The molecule has 0 aliphatic carbocycles. The Kier molecular flexibility index (Phi) is 6.48. The number of halogens is 3. The Morgan fingerprint density at radius 3 is 2.16 bits per heavy atom. The minimum Gasteiger partial charge on any atom is -0.490 e. The molecule has 2 aliphatic heterocycles. The number of benzene rings is 2. The van der Waals surface area contributed by atoms with E-state index in [1.54, 1.807) is 12.4 Å². The van der Waals surface area contributed by atoms with E-state index in [1.165, 1.54) is 12.1 Å². The largest absolute Gasteiger partial charge is 0.490 e. The van der Waals surface area contributed by atoms with E-state index in [2.05, 4.69) is 9.88 Å². The van der Waals surface area contributed by atoms with Crippen LogP contribution in [-0.2, 0) is 10.9 Å². The number of rotatable bonds is 5. The minimum absolute atomic E-state index is 0.137. The highest BCUT2D eigenvalue weighted by Gasteiger charge is 2.35. The molecule has 0 bridgehead atoms. The summed E-state index contributed by atoms with van der Waals surface area (Å²) in [6.07, 6.45) is -2.04. The first kappa shape index (κ1) is 24.4. The second-order valence-electron chi connectivity index (χ2n) is 9.24. The number of morpholine rings is 1. The second-order valence-corrected chi connectivity index (χ2v) is 9.24. The molecule has 2 aromatic heterocycles. The van der Waals surface area contributed by atoms with Crippen LogP contribution in [0.5, 0.6) is 5.75 Å². The summed E-state index contributed by atoms with van der Waals surface area (Å²) >= 11 is 0. The van der Waals surface area contributed by atoms with Crippen molar-refractivity contribution < 1.29 is 22.6 Å². The Balaban J connectivity index is 1.25. The van der Waals surface area contributed by atoms with Gasteiger partial charge in [0.05, 0.1) is 29.8 Å². The molecule has 2 fully saturated rings. The van der Waals surface area contributed by atoms with Gasteiger partial charge < -0.3 is 19.3 Å². The minimum atomic E-state index is -4.47. The van der Waals surface area contributed by atoms with Crippen molar-refractivity contribution in [2.45, 2.75) is 25.1 Å². The number of para-hydroxylation sites is 3. The van der Waals surface area contributed by atoms with Gasteiger partial charge in [-0.25, -0.2) is 4.98 Å². The van der Waals surface area contributed by atoms with Gasteiger partial charge in [-0.3, -0.25) is 4.57 Å². The zero-order valence-electron chi connectivity index (χ0n) is 20.5. The van der Waals surface area contributed by atoms with E-state index < -0.39 is 11.7 Å². The molecule has 0 radical (unpaired) electrons. The maximum Gasteiger partial charge on any atom is 0.419 e.